The van der Waals surface area contributed by atoms with Crippen molar-refractivity contribution in [3.05, 3.63) is 59.2 Å². The number of benzene rings is 2. The smallest absolute Gasteiger partial charge is 0.141 e. The summed E-state index contributed by atoms with van der Waals surface area (Å²) < 4.78 is 32.0. The van der Waals surface area contributed by atoms with Crippen LogP contribution in [0.3, 0.4) is 0 Å². The van der Waals surface area contributed by atoms with E-state index in [1.165, 1.54) is 12.1 Å². The summed E-state index contributed by atoms with van der Waals surface area (Å²) in [5.74, 6) is -0.451. The molecule has 1 atom stereocenters. The molecule has 0 aliphatic rings. The van der Waals surface area contributed by atoms with Crippen LogP contribution in [0, 0.1) is 18.6 Å². The predicted molar refractivity (Wildman–Crippen MR) is 76.1 cm³/mol. The van der Waals surface area contributed by atoms with Crippen molar-refractivity contribution in [2.45, 2.75) is 19.9 Å². The van der Waals surface area contributed by atoms with Crippen LogP contribution in [0.2, 0.25) is 0 Å². The summed E-state index contributed by atoms with van der Waals surface area (Å²) in [5.41, 5.74) is 2.26. The van der Waals surface area contributed by atoms with Crippen LogP contribution in [0.1, 0.15) is 24.1 Å². The lowest BCUT2D eigenvalue weighted by Gasteiger charge is -2.19. The van der Waals surface area contributed by atoms with Gasteiger partial charge in [-0.1, -0.05) is 12.1 Å². The minimum Gasteiger partial charge on any atom is -0.495 e. The number of halogens is 2. The van der Waals surface area contributed by atoms with Crippen LogP contribution in [-0.2, 0) is 0 Å². The molecule has 1 unspecified atom stereocenters. The lowest BCUT2D eigenvalue weighted by Crippen LogP contribution is -2.10. The average molecular weight is 277 g/mol. The lowest BCUT2D eigenvalue weighted by molar-refractivity contribution is 0.416. The van der Waals surface area contributed by atoms with Crippen LogP contribution >= 0.6 is 0 Å². The molecule has 2 rings (SSSR count). The highest BCUT2D eigenvalue weighted by atomic mass is 19.1. The molecule has 0 aromatic heterocycles. The minimum absolute atomic E-state index is 0.300. The second-order valence-corrected chi connectivity index (χ2v) is 4.74. The molecule has 0 bridgehead atoms. The van der Waals surface area contributed by atoms with E-state index in [1.54, 1.807) is 7.11 Å². The monoisotopic (exact) mass is 277 g/mol. The third-order valence-electron chi connectivity index (χ3n) is 3.16. The minimum atomic E-state index is -0.577. The molecule has 2 nitrogen and oxygen atoms in total. The number of hydrogen-bond donors (Lipinski definition) is 1. The van der Waals surface area contributed by atoms with Gasteiger partial charge in [0, 0.05) is 11.6 Å². The maximum atomic E-state index is 13.8. The molecule has 0 amide bonds. The van der Waals surface area contributed by atoms with Crippen LogP contribution in [0.5, 0.6) is 5.75 Å². The second-order valence-electron chi connectivity index (χ2n) is 4.74. The normalized spacial score (nSPS) is 12.1. The van der Waals surface area contributed by atoms with Crippen LogP contribution in [-0.4, -0.2) is 7.11 Å². The topological polar surface area (TPSA) is 21.3 Å². The molecule has 4 heteroatoms. The number of anilines is 1. The fourth-order valence-corrected chi connectivity index (χ4v) is 2.10. The molecule has 0 heterocycles. The van der Waals surface area contributed by atoms with Gasteiger partial charge in [0.15, 0.2) is 0 Å². The largest absolute Gasteiger partial charge is 0.495 e. The highest BCUT2D eigenvalue weighted by molar-refractivity contribution is 5.59. The number of rotatable bonds is 4. The Morgan fingerprint density at radius 2 is 1.85 bits per heavy atom. The number of nitrogens with one attached hydrogen (secondary N) is 1. The van der Waals surface area contributed by atoms with Crippen molar-refractivity contribution in [3.8, 4) is 5.75 Å². The maximum absolute atomic E-state index is 13.8. The Balaban J connectivity index is 2.27. The molecule has 0 spiro atoms. The number of ether oxygens (including phenoxy) is 1. The van der Waals surface area contributed by atoms with E-state index in [9.17, 15) is 8.78 Å². The molecule has 0 aliphatic heterocycles. The Morgan fingerprint density at radius 3 is 2.50 bits per heavy atom. The summed E-state index contributed by atoms with van der Waals surface area (Å²) >= 11 is 0. The van der Waals surface area contributed by atoms with Gasteiger partial charge in [-0.15, -0.1) is 0 Å². The van der Waals surface area contributed by atoms with Gasteiger partial charge in [0.05, 0.1) is 18.8 Å². The summed E-state index contributed by atoms with van der Waals surface area (Å²) in [7, 11) is 1.58. The van der Waals surface area contributed by atoms with E-state index < -0.39 is 11.6 Å². The first-order valence-corrected chi connectivity index (χ1v) is 6.37. The zero-order valence-corrected chi connectivity index (χ0v) is 11.7. The van der Waals surface area contributed by atoms with Crippen LogP contribution in [0.15, 0.2) is 36.4 Å². The fourth-order valence-electron chi connectivity index (χ4n) is 2.10. The summed E-state index contributed by atoms with van der Waals surface area (Å²) in [5, 5.41) is 3.19. The van der Waals surface area contributed by atoms with Gasteiger partial charge >= 0.3 is 0 Å². The van der Waals surface area contributed by atoms with Gasteiger partial charge in [0.1, 0.15) is 17.4 Å². The average Bonchev–Trinajstić information content (AvgIpc) is 2.38. The highest BCUT2D eigenvalue weighted by Gasteiger charge is 2.13. The van der Waals surface area contributed by atoms with Crippen LogP contribution < -0.4 is 10.1 Å². The van der Waals surface area contributed by atoms with Gasteiger partial charge in [-0.3, -0.25) is 0 Å². The standard InChI is InChI=1S/C16H17F2NO/c1-10-4-7-16(20-3)15(8-10)19-11(2)13-6-5-12(17)9-14(13)18/h4-9,11,19H,1-3H3. The van der Waals surface area contributed by atoms with Gasteiger partial charge in [-0.05, 0) is 37.6 Å². The summed E-state index contributed by atoms with van der Waals surface area (Å²) in [6, 6.07) is 9.01. The van der Waals surface area contributed by atoms with Crippen molar-refractivity contribution < 1.29 is 13.5 Å². The zero-order valence-electron chi connectivity index (χ0n) is 11.7. The Kier molecular flexibility index (Phi) is 4.23. The van der Waals surface area contributed by atoms with Gasteiger partial charge in [-0.25, -0.2) is 8.78 Å². The van der Waals surface area contributed by atoms with Gasteiger partial charge in [0.25, 0.3) is 0 Å². The molecule has 0 aliphatic carbocycles. The van der Waals surface area contributed by atoms with E-state index in [1.807, 2.05) is 32.0 Å². The van der Waals surface area contributed by atoms with Crippen molar-refractivity contribution in [3.63, 3.8) is 0 Å². The zero-order chi connectivity index (χ0) is 14.7. The van der Waals surface area contributed by atoms with Crippen molar-refractivity contribution in [2.75, 3.05) is 12.4 Å². The van der Waals surface area contributed by atoms with E-state index in [-0.39, 0.29) is 6.04 Å². The Labute approximate surface area is 117 Å². The van der Waals surface area contributed by atoms with E-state index >= 15 is 0 Å². The molecule has 106 valence electrons. The summed E-state index contributed by atoms with van der Waals surface area (Å²) in [6.45, 7) is 3.78. The molecule has 0 fully saturated rings. The molecule has 2 aromatic rings. The van der Waals surface area contributed by atoms with Crippen molar-refractivity contribution in [2.24, 2.45) is 0 Å². The van der Waals surface area contributed by atoms with E-state index in [0.717, 1.165) is 17.3 Å². The summed E-state index contributed by atoms with van der Waals surface area (Å²) in [4.78, 5) is 0. The van der Waals surface area contributed by atoms with Crippen LogP contribution in [0.25, 0.3) is 0 Å². The SMILES string of the molecule is COc1ccc(C)cc1NC(C)c1ccc(F)cc1F. The quantitative estimate of drug-likeness (QED) is 0.891. The molecule has 2 aromatic carbocycles. The Morgan fingerprint density at radius 1 is 1.10 bits per heavy atom. The second kappa shape index (κ2) is 5.90. The molecule has 0 radical (unpaired) electrons. The molecule has 20 heavy (non-hydrogen) atoms. The third-order valence-corrected chi connectivity index (χ3v) is 3.16. The van der Waals surface area contributed by atoms with E-state index in [0.29, 0.717) is 11.3 Å². The number of hydrogen-bond acceptors (Lipinski definition) is 2. The van der Waals surface area contributed by atoms with E-state index in [2.05, 4.69) is 5.32 Å². The van der Waals surface area contributed by atoms with E-state index in [4.69, 9.17) is 4.74 Å². The molecular formula is C16H17F2NO. The summed E-state index contributed by atoms with van der Waals surface area (Å²) in [6.07, 6.45) is 0. The Hall–Kier alpha value is -2.10. The number of aryl methyl sites for hydroxylation is 1. The number of methoxy groups -OCH3 is 1. The maximum Gasteiger partial charge on any atom is 0.141 e. The lowest BCUT2D eigenvalue weighted by atomic mass is 10.1. The van der Waals surface area contributed by atoms with Crippen molar-refractivity contribution in [1.29, 1.82) is 0 Å². The first kappa shape index (κ1) is 14.3. The Bertz CT molecular complexity index is 613. The molecule has 1 N–H and O–H groups in total. The molecular weight excluding hydrogens is 260 g/mol. The molecule has 0 saturated heterocycles. The highest BCUT2D eigenvalue weighted by Crippen LogP contribution is 2.30. The van der Waals surface area contributed by atoms with Gasteiger partial charge in [-0.2, -0.15) is 0 Å². The van der Waals surface area contributed by atoms with Crippen molar-refractivity contribution >= 4 is 5.69 Å². The van der Waals surface area contributed by atoms with Crippen LogP contribution in [0.4, 0.5) is 14.5 Å². The fraction of sp³-hybridized carbons (Fsp3) is 0.250. The first-order chi connectivity index (χ1) is 9.51. The van der Waals surface area contributed by atoms with Crippen molar-refractivity contribution in [1.82, 2.24) is 0 Å². The third kappa shape index (κ3) is 3.07. The predicted octanol–water partition coefficient (Wildman–Crippen LogP) is 4.45. The van der Waals surface area contributed by atoms with Gasteiger partial charge in [0.2, 0.25) is 0 Å². The molecule has 0 saturated carbocycles. The van der Waals surface area contributed by atoms with Gasteiger partial charge < -0.3 is 10.1 Å². The first-order valence-electron chi connectivity index (χ1n) is 6.37.